The minimum Gasteiger partial charge on any atom is -0.456 e. The molecular formula is C51H30N4O2. The average molecular weight is 741 g/mol. The second-order valence-electron chi connectivity index (χ2n) is 13.6. The molecule has 8 aromatic carbocycles. The Bertz CT molecular complexity index is 4110. The monoisotopic (exact) mass is 740 g/mol. The summed E-state index contributed by atoms with van der Waals surface area (Å²) < 4.78 is 104. The van der Waals surface area contributed by atoms with E-state index in [1.54, 1.807) is 0 Å². The fourth-order valence-corrected chi connectivity index (χ4v) is 7.78. The number of nitrogens with zero attached hydrogens (tertiary/aromatic N) is 4. The first-order valence-electron chi connectivity index (χ1n) is 23.2. The lowest BCUT2D eigenvalue weighted by Gasteiger charge is -2.12. The van der Waals surface area contributed by atoms with Gasteiger partial charge in [-0.1, -0.05) is 139 Å². The third kappa shape index (κ3) is 4.94. The number of rotatable bonds is 5. The molecule has 0 radical (unpaired) electrons. The highest BCUT2D eigenvalue weighted by atomic mass is 16.3. The highest BCUT2D eigenvalue weighted by Crippen LogP contribution is 2.41. The maximum Gasteiger partial charge on any atom is 0.238 e. The van der Waals surface area contributed by atoms with E-state index in [-0.39, 0.29) is 61.3 Å². The number of aromatic nitrogens is 4. The molecule has 0 saturated carbocycles. The van der Waals surface area contributed by atoms with E-state index >= 15 is 0 Å². The topological polar surface area (TPSA) is 69.9 Å². The van der Waals surface area contributed by atoms with Gasteiger partial charge >= 0.3 is 0 Å². The molecule has 4 aromatic heterocycles. The van der Waals surface area contributed by atoms with Gasteiger partial charge in [0.1, 0.15) is 22.3 Å². The van der Waals surface area contributed by atoms with Gasteiger partial charge in [0, 0.05) is 43.4 Å². The van der Waals surface area contributed by atoms with Crippen LogP contribution >= 0.6 is 0 Å². The summed E-state index contributed by atoms with van der Waals surface area (Å²) in [5, 5.41) is 1.38. The van der Waals surface area contributed by atoms with Crippen molar-refractivity contribution >= 4 is 65.7 Å². The molecule has 6 heteroatoms. The first-order chi connectivity index (χ1) is 32.4. The SMILES string of the molecule is [2H]c1c([2H])c([2H])c2c(oc3c2c([2H])c([2H])c2c4c([2H])c([2H])c([2H])c([2H])c4n(-c4nc(-c5cccc(-c6ccccc6)c5)nc(-c5ccc6c(c5)oc5cccc(-c7ccccc7)c56)n4)c32)c1[2H]. The van der Waals surface area contributed by atoms with Crippen LogP contribution in [0.5, 0.6) is 0 Å². The van der Waals surface area contributed by atoms with Crippen LogP contribution in [0.4, 0.5) is 0 Å². The maximum absolute atomic E-state index is 9.45. The highest BCUT2D eigenvalue weighted by Gasteiger charge is 2.23. The molecule has 0 aliphatic rings. The van der Waals surface area contributed by atoms with Crippen molar-refractivity contribution in [2.24, 2.45) is 0 Å². The minimum atomic E-state index is -0.574. The van der Waals surface area contributed by atoms with Gasteiger partial charge < -0.3 is 8.83 Å². The van der Waals surface area contributed by atoms with Crippen LogP contribution in [-0.2, 0) is 0 Å². The van der Waals surface area contributed by atoms with E-state index in [1.165, 1.54) is 4.57 Å². The Morgan fingerprint density at radius 3 is 1.96 bits per heavy atom. The van der Waals surface area contributed by atoms with E-state index in [0.717, 1.165) is 33.0 Å². The molecule has 0 fully saturated rings. The van der Waals surface area contributed by atoms with Gasteiger partial charge in [0.15, 0.2) is 17.2 Å². The third-order valence-corrected chi connectivity index (χ3v) is 10.4. The van der Waals surface area contributed by atoms with E-state index in [1.807, 2.05) is 121 Å². The van der Waals surface area contributed by atoms with Crippen molar-refractivity contribution in [3.8, 4) is 51.0 Å². The van der Waals surface area contributed by atoms with Gasteiger partial charge in [-0.15, -0.1) is 0 Å². The van der Waals surface area contributed by atoms with Gasteiger partial charge in [0.25, 0.3) is 0 Å². The van der Waals surface area contributed by atoms with E-state index < -0.39 is 60.4 Å². The van der Waals surface area contributed by atoms with Crippen molar-refractivity contribution in [1.29, 1.82) is 0 Å². The molecule has 0 aliphatic heterocycles. The van der Waals surface area contributed by atoms with Crippen molar-refractivity contribution < 1.29 is 22.5 Å². The summed E-state index contributed by atoms with van der Waals surface area (Å²) in [5.74, 6) is 0.216. The average Bonchev–Trinajstić information content (AvgIpc) is 4.07. The van der Waals surface area contributed by atoms with Gasteiger partial charge in [-0.05, 0) is 64.6 Å². The largest absolute Gasteiger partial charge is 0.456 e. The van der Waals surface area contributed by atoms with Gasteiger partial charge in [0.05, 0.1) is 19.2 Å². The van der Waals surface area contributed by atoms with Crippen LogP contribution in [0.1, 0.15) is 13.7 Å². The molecule has 0 atom stereocenters. The van der Waals surface area contributed by atoms with Gasteiger partial charge in [-0.2, -0.15) is 9.97 Å². The van der Waals surface area contributed by atoms with Crippen molar-refractivity contribution in [2.45, 2.75) is 0 Å². The predicted molar refractivity (Wildman–Crippen MR) is 230 cm³/mol. The van der Waals surface area contributed by atoms with E-state index in [4.69, 9.17) is 32.0 Å². The van der Waals surface area contributed by atoms with E-state index in [9.17, 15) is 5.48 Å². The molecular weight excluding hydrogens is 701 g/mol. The van der Waals surface area contributed by atoms with E-state index in [2.05, 4.69) is 0 Å². The highest BCUT2D eigenvalue weighted by molar-refractivity contribution is 6.21. The van der Waals surface area contributed by atoms with Crippen LogP contribution in [0.15, 0.2) is 191 Å². The lowest BCUT2D eigenvalue weighted by molar-refractivity contribution is 0.669. The molecule has 266 valence electrons. The zero-order valence-electron chi connectivity index (χ0n) is 39.7. The number of furan rings is 2. The Labute approximate surface area is 340 Å². The smallest absolute Gasteiger partial charge is 0.238 e. The molecule has 4 heterocycles. The molecule has 0 saturated heterocycles. The standard InChI is InChI=1S/C51H30N4O2/c1-3-13-31(14-4-1)33-17-11-18-34(29-33)49-52-50(35-25-26-41-45(30-35)56-44-24-12-21-36(46(41)44)32-15-5-2-6-16-32)54-51(53-49)55-42-22-9-7-19-37(42)39-27-28-40-38-20-8-10-23-43(38)57-48(40)47(39)55/h1-30H/i7D,8D,9D,10D,19D,20D,22D,23D,27D,28D. The van der Waals surface area contributed by atoms with Gasteiger partial charge in [-0.25, -0.2) is 4.98 Å². The summed E-state index contributed by atoms with van der Waals surface area (Å²) in [7, 11) is 0. The number of para-hydroxylation sites is 2. The molecule has 57 heavy (non-hydrogen) atoms. The van der Waals surface area contributed by atoms with Gasteiger partial charge in [-0.3, -0.25) is 4.57 Å². The molecule has 0 unspecified atom stereocenters. The second kappa shape index (κ2) is 12.3. The van der Waals surface area contributed by atoms with Gasteiger partial charge in [0.2, 0.25) is 5.95 Å². The predicted octanol–water partition coefficient (Wildman–Crippen LogP) is 13.4. The summed E-state index contributed by atoms with van der Waals surface area (Å²) in [4.78, 5) is 15.1. The third-order valence-electron chi connectivity index (χ3n) is 10.4. The second-order valence-corrected chi connectivity index (χ2v) is 13.6. The summed E-state index contributed by atoms with van der Waals surface area (Å²) in [6, 6.07) is 33.8. The molecule has 6 nitrogen and oxygen atoms in total. The Morgan fingerprint density at radius 2 is 1.12 bits per heavy atom. The Hall–Kier alpha value is -7.83. The first kappa shape index (κ1) is 23.2. The molecule has 12 aromatic rings. The quantitative estimate of drug-likeness (QED) is 0.176. The maximum atomic E-state index is 9.45. The van der Waals surface area contributed by atoms with Crippen molar-refractivity contribution in [1.82, 2.24) is 19.5 Å². The number of hydrogen-bond acceptors (Lipinski definition) is 5. The zero-order valence-corrected chi connectivity index (χ0v) is 29.7. The Kier molecular flexibility index (Phi) is 5.02. The fraction of sp³-hybridized carbons (Fsp3) is 0. The number of fused-ring (bicyclic) bond motifs is 10. The van der Waals surface area contributed by atoms with Crippen LogP contribution in [0.3, 0.4) is 0 Å². The van der Waals surface area contributed by atoms with Crippen molar-refractivity contribution in [2.75, 3.05) is 0 Å². The summed E-state index contributed by atoms with van der Waals surface area (Å²) in [6.07, 6.45) is 0. The fourth-order valence-electron chi connectivity index (χ4n) is 7.78. The molecule has 12 rings (SSSR count). The minimum absolute atomic E-state index is 0.0339. The summed E-state index contributed by atoms with van der Waals surface area (Å²) in [6.45, 7) is 0. The van der Waals surface area contributed by atoms with Crippen LogP contribution in [0.2, 0.25) is 0 Å². The van der Waals surface area contributed by atoms with Crippen LogP contribution in [0, 0.1) is 0 Å². The molecule has 0 aliphatic carbocycles. The Morgan fingerprint density at radius 1 is 0.439 bits per heavy atom. The summed E-state index contributed by atoms with van der Waals surface area (Å²) >= 11 is 0. The molecule has 0 spiro atoms. The van der Waals surface area contributed by atoms with Crippen molar-refractivity contribution in [3.05, 3.63) is 182 Å². The summed E-state index contributed by atoms with van der Waals surface area (Å²) in [5.41, 5.74) is 5.61. The lowest BCUT2D eigenvalue weighted by Crippen LogP contribution is -2.06. The van der Waals surface area contributed by atoms with Crippen LogP contribution in [-0.4, -0.2) is 19.5 Å². The number of hydrogen-bond donors (Lipinski definition) is 0. The molecule has 0 amide bonds. The number of benzene rings is 8. The lowest BCUT2D eigenvalue weighted by atomic mass is 9.99. The Balaban J connectivity index is 1.21. The van der Waals surface area contributed by atoms with Crippen LogP contribution in [0.25, 0.3) is 117 Å². The first-order valence-corrected chi connectivity index (χ1v) is 18.2. The molecule has 0 N–H and O–H groups in total. The normalized spacial score (nSPS) is 14.3. The zero-order chi connectivity index (χ0) is 46.2. The van der Waals surface area contributed by atoms with Crippen LogP contribution < -0.4 is 0 Å². The van der Waals surface area contributed by atoms with Crippen molar-refractivity contribution in [3.63, 3.8) is 0 Å². The molecule has 0 bridgehead atoms. The van der Waals surface area contributed by atoms with E-state index in [0.29, 0.717) is 22.3 Å².